The minimum Gasteiger partial charge on any atom is -0.428 e. The molecule has 0 spiro atoms. The van der Waals surface area contributed by atoms with E-state index in [1.54, 1.807) is 0 Å². The number of tetrazole rings is 1. The van der Waals surface area contributed by atoms with Crippen molar-refractivity contribution in [2.45, 2.75) is 52.6 Å². The molecule has 0 aliphatic carbocycles. The van der Waals surface area contributed by atoms with Crippen molar-refractivity contribution in [1.29, 1.82) is 0 Å². The van der Waals surface area contributed by atoms with E-state index in [4.69, 9.17) is 31.5 Å². The maximum Gasteiger partial charge on any atom is 0.511 e. The fourth-order valence-electron chi connectivity index (χ4n) is 3.98. The van der Waals surface area contributed by atoms with E-state index in [2.05, 4.69) is 37.4 Å². The normalized spacial score (nSPS) is 12.1. The number of hydrogen-bond donors (Lipinski definition) is 3. The van der Waals surface area contributed by atoms with Crippen molar-refractivity contribution in [2.24, 2.45) is 0 Å². The molecule has 0 aliphatic rings. The molecule has 4 aromatic rings. The molecule has 0 bridgehead atoms. The van der Waals surface area contributed by atoms with Gasteiger partial charge in [0.25, 0.3) is 0 Å². The second-order valence-electron chi connectivity index (χ2n) is 8.52. The lowest BCUT2D eigenvalue weighted by atomic mass is 9.98. The second-order valence-corrected chi connectivity index (χ2v) is 8.87. The zero-order valence-electron chi connectivity index (χ0n) is 21.3. The number of nitrogens with one attached hydrogen (secondary N) is 1. The molecule has 0 aliphatic heterocycles. The highest BCUT2D eigenvalue weighted by molar-refractivity contribution is 6.30. The van der Waals surface area contributed by atoms with Gasteiger partial charge in [-0.3, -0.25) is 10.4 Å². The number of benzene rings is 2. The van der Waals surface area contributed by atoms with Crippen molar-refractivity contribution < 1.29 is 29.5 Å². The molecule has 1 unspecified atom stereocenters. The maximum atomic E-state index is 12.1. The number of rotatable bonds is 12. The van der Waals surface area contributed by atoms with E-state index in [1.807, 2.05) is 53.1 Å². The van der Waals surface area contributed by atoms with Crippen LogP contribution >= 0.6 is 11.6 Å². The van der Waals surface area contributed by atoms with Crippen molar-refractivity contribution >= 4 is 17.8 Å². The maximum absolute atomic E-state index is 12.1. The third kappa shape index (κ3) is 7.37. The van der Waals surface area contributed by atoms with E-state index in [-0.39, 0.29) is 11.8 Å². The predicted octanol–water partition coefficient (Wildman–Crippen LogP) is 4.79. The first-order valence-corrected chi connectivity index (χ1v) is 12.6. The molecule has 2 aromatic heterocycles. The molecule has 39 heavy (non-hydrogen) atoms. The molecule has 1 atom stereocenters. The number of ether oxygens (including phenoxy) is 2. The fraction of sp³-hybridized carbons (Fsp3) is 0.320. The van der Waals surface area contributed by atoms with Gasteiger partial charge in [0.1, 0.15) is 12.4 Å². The number of imidazole rings is 1. The Morgan fingerprint density at radius 2 is 1.90 bits per heavy atom. The number of halogens is 1. The summed E-state index contributed by atoms with van der Waals surface area (Å²) < 4.78 is 11.9. The molecule has 4 rings (SSSR count). The Hall–Kier alpha value is -3.88. The van der Waals surface area contributed by atoms with Crippen LogP contribution in [-0.4, -0.2) is 58.4 Å². The Kier molecular flexibility index (Phi) is 9.57. The molecule has 2 aromatic carbocycles. The van der Waals surface area contributed by atoms with Crippen LogP contribution in [-0.2, 0) is 33.9 Å². The van der Waals surface area contributed by atoms with E-state index in [1.165, 1.54) is 6.92 Å². The lowest BCUT2D eigenvalue weighted by Gasteiger charge is -2.16. The van der Waals surface area contributed by atoms with Gasteiger partial charge in [0, 0.05) is 25.5 Å². The molecule has 0 saturated heterocycles. The van der Waals surface area contributed by atoms with Crippen LogP contribution in [0.1, 0.15) is 43.8 Å². The Balaban J connectivity index is 1.53. The molecule has 13 nitrogen and oxygen atoms in total. The number of aryl methyl sites for hydroxylation is 1. The summed E-state index contributed by atoms with van der Waals surface area (Å²) in [6, 6.07) is 15.9. The van der Waals surface area contributed by atoms with Crippen LogP contribution in [0.25, 0.3) is 22.5 Å². The highest BCUT2D eigenvalue weighted by Crippen LogP contribution is 2.30. The summed E-state index contributed by atoms with van der Waals surface area (Å²) in [5.74, 6) is 1.28. The topological polar surface area (TPSA) is 161 Å². The number of carbonyl (C=O) groups excluding carboxylic acids is 1. The van der Waals surface area contributed by atoms with Gasteiger partial charge in [-0.1, -0.05) is 73.5 Å². The largest absolute Gasteiger partial charge is 0.511 e. The highest BCUT2D eigenvalue weighted by Gasteiger charge is 2.20. The molecule has 2 heterocycles. The molecular weight excluding hydrogens is 530 g/mol. The van der Waals surface area contributed by atoms with Crippen molar-refractivity contribution in [3.05, 3.63) is 70.8 Å². The number of H-pyrrole nitrogens is 1. The molecule has 3 N–H and O–H groups in total. The first-order valence-electron chi connectivity index (χ1n) is 12.2. The van der Waals surface area contributed by atoms with Crippen molar-refractivity contribution in [3.8, 4) is 22.5 Å². The van der Waals surface area contributed by atoms with Crippen LogP contribution in [0.3, 0.4) is 0 Å². The van der Waals surface area contributed by atoms with Gasteiger partial charge in [-0.15, -0.1) is 10.2 Å². The van der Waals surface area contributed by atoms with Gasteiger partial charge >= 0.3 is 6.16 Å². The molecule has 14 heteroatoms. The van der Waals surface area contributed by atoms with Gasteiger partial charge in [-0.2, -0.15) is 5.21 Å². The predicted molar refractivity (Wildman–Crippen MR) is 137 cm³/mol. The number of aromatic amines is 1. The van der Waals surface area contributed by atoms with E-state index in [0.717, 1.165) is 40.9 Å². The third-order valence-corrected chi connectivity index (χ3v) is 6.11. The van der Waals surface area contributed by atoms with Gasteiger partial charge in [0.2, 0.25) is 12.1 Å². The minimum absolute atomic E-state index is 0.207. The van der Waals surface area contributed by atoms with E-state index in [9.17, 15) is 4.79 Å². The summed E-state index contributed by atoms with van der Waals surface area (Å²) in [4.78, 5) is 20.9. The van der Waals surface area contributed by atoms with Gasteiger partial charge in [-0.25, -0.2) is 14.6 Å². The van der Waals surface area contributed by atoms with Gasteiger partial charge < -0.3 is 14.0 Å². The lowest BCUT2D eigenvalue weighted by molar-refractivity contribution is -0.519. The van der Waals surface area contributed by atoms with Crippen LogP contribution in [0.4, 0.5) is 4.79 Å². The SMILES string of the molecule is CCCCc1nc(Cl)c(COC(=O)OC(C)ON(O)O)n1Cc1ccc(-c2ccccc2-c2nn[nH]n2)cc1. The number of aromatic nitrogens is 6. The molecular formula is C25H28ClN7O6. The Morgan fingerprint density at radius 1 is 1.15 bits per heavy atom. The van der Waals surface area contributed by atoms with Crippen LogP contribution < -0.4 is 0 Å². The Labute approximate surface area is 228 Å². The first-order chi connectivity index (χ1) is 18.9. The average Bonchev–Trinajstić information content (AvgIpc) is 3.54. The third-order valence-electron chi connectivity index (χ3n) is 5.81. The summed E-state index contributed by atoms with van der Waals surface area (Å²) in [5, 5.41) is 31.4. The lowest BCUT2D eigenvalue weighted by Crippen LogP contribution is -2.26. The fourth-order valence-corrected chi connectivity index (χ4v) is 4.24. The van der Waals surface area contributed by atoms with Crippen LogP contribution in [0.5, 0.6) is 0 Å². The zero-order chi connectivity index (χ0) is 27.8. The first kappa shape index (κ1) is 28.1. The van der Waals surface area contributed by atoms with Crippen molar-refractivity contribution in [2.75, 3.05) is 0 Å². The summed E-state index contributed by atoms with van der Waals surface area (Å²) in [5.41, 5.74) is 4.31. The van der Waals surface area contributed by atoms with Crippen molar-refractivity contribution in [1.82, 2.24) is 35.6 Å². The average molecular weight is 558 g/mol. The van der Waals surface area contributed by atoms with E-state index in [0.29, 0.717) is 24.5 Å². The molecule has 0 radical (unpaired) electrons. The van der Waals surface area contributed by atoms with Crippen LogP contribution in [0.2, 0.25) is 5.15 Å². The van der Waals surface area contributed by atoms with Gasteiger partial charge in [-0.05, 0) is 28.3 Å². The molecule has 0 amide bonds. The standard InChI is InChI=1S/C25H28ClN7O6/c1-3-4-9-22-27-23(26)21(15-37-25(34)38-16(2)39-33(35)36)32(22)14-17-10-12-18(13-11-17)19-7-5-6-8-20(19)24-28-30-31-29-24/h5-8,10-13,16,35-36H,3-4,9,14-15H2,1-2H3,(H,28,29,30,31). The number of hydrogen-bond acceptors (Lipinski definition) is 11. The Morgan fingerprint density at radius 3 is 2.56 bits per heavy atom. The van der Waals surface area contributed by atoms with Gasteiger partial charge in [0.15, 0.2) is 5.15 Å². The Bertz CT molecular complexity index is 1360. The highest BCUT2D eigenvalue weighted by atomic mass is 35.5. The minimum atomic E-state index is -1.29. The number of nitrogens with zero attached hydrogens (tertiary/aromatic N) is 6. The summed E-state index contributed by atoms with van der Waals surface area (Å²) in [7, 11) is 0. The van der Waals surface area contributed by atoms with Crippen molar-refractivity contribution in [3.63, 3.8) is 0 Å². The number of unbranched alkanes of at least 4 members (excludes halogenated alkanes) is 1. The molecule has 0 fully saturated rings. The van der Waals surface area contributed by atoms with E-state index < -0.39 is 17.8 Å². The van der Waals surface area contributed by atoms with E-state index >= 15 is 0 Å². The summed E-state index contributed by atoms with van der Waals surface area (Å²) >= 11 is 6.44. The summed E-state index contributed by atoms with van der Waals surface area (Å²) in [6.07, 6.45) is 0.214. The zero-order valence-corrected chi connectivity index (χ0v) is 22.1. The van der Waals surface area contributed by atoms with Crippen LogP contribution in [0, 0.1) is 0 Å². The quantitative estimate of drug-likeness (QED) is 0.125. The van der Waals surface area contributed by atoms with Crippen LogP contribution in [0.15, 0.2) is 48.5 Å². The molecule has 0 saturated carbocycles. The smallest absolute Gasteiger partial charge is 0.428 e. The second kappa shape index (κ2) is 13.3. The van der Waals surface area contributed by atoms with Gasteiger partial charge in [0.05, 0.1) is 11.1 Å². The number of carbonyl (C=O) groups is 1. The monoisotopic (exact) mass is 557 g/mol. The molecule has 206 valence electrons. The summed E-state index contributed by atoms with van der Waals surface area (Å²) in [6.45, 7) is 3.61.